The van der Waals surface area contributed by atoms with Crippen LogP contribution in [0.3, 0.4) is 0 Å². The molecule has 28 heavy (non-hydrogen) atoms. The molecule has 5 aliphatic carbocycles. The lowest BCUT2D eigenvalue weighted by atomic mass is 9.44. The van der Waals surface area contributed by atoms with E-state index in [1.54, 1.807) is 0 Å². The highest BCUT2D eigenvalue weighted by molar-refractivity contribution is 5.09. The van der Waals surface area contributed by atoms with Crippen LogP contribution in [0.4, 0.5) is 0 Å². The minimum Gasteiger partial charge on any atom is -0.393 e. The lowest BCUT2D eigenvalue weighted by Gasteiger charge is -2.61. The summed E-state index contributed by atoms with van der Waals surface area (Å²) in [6.45, 7) is 5.27. The first-order chi connectivity index (χ1) is 13.3. The Balaban J connectivity index is 1.23. The molecule has 5 fully saturated rings. The standard InChI is InChI=1S/C26H44O2/c1-24-14-11-23-21(8-6-19-17-20(27)10-13-25(19,23)2)22(24)9-7-18(24)5-3-4-12-26(28)15-16-26/h18-23,27-28H,3-17H2,1-2H3/t18-,19?,20?,21-,22?,23?,24+,25?/m0/s1. The third-order valence-corrected chi connectivity index (χ3v) is 11.1. The maximum absolute atomic E-state index is 10.2. The van der Waals surface area contributed by atoms with E-state index >= 15 is 0 Å². The third-order valence-electron chi connectivity index (χ3n) is 11.1. The first-order valence-electron chi connectivity index (χ1n) is 12.7. The topological polar surface area (TPSA) is 40.5 Å². The number of aliphatic hydroxyl groups is 2. The van der Waals surface area contributed by atoms with Gasteiger partial charge in [-0.05, 0) is 124 Å². The highest BCUT2D eigenvalue weighted by atomic mass is 16.3. The molecular formula is C26H44O2. The van der Waals surface area contributed by atoms with Crippen molar-refractivity contribution in [3.8, 4) is 0 Å². The molecule has 5 saturated carbocycles. The zero-order valence-electron chi connectivity index (χ0n) is 18.5. The highest BCUT2D eigenvalue weighted by Crippen LogP contribution is 2.67. The lowest BCUT2D eigenvalue weighted by molar-refractivity contribution is -0.127. The van der Waals surface area contributed by atoms with E-state index in [-0.39, 0.29) is 11.7 Å². The quantitative estimate of drug-likeness (QED) is 0.559. The molecule has 0 bridgehead atoms. The summed E-state index contributed by atoms with van der Waals surface area (Å²) in [6.07, 6.45) is 19.2. The molecule has 0 aromatic rings. The molecule has 5 aliphatic rings. The molecule has 8 atom stereocenters. The van der Waals surface area contributed by atoms with Gasteiger partial charge in [-0.25, -0.2) is 0 Å². The monoisotopic (exact) mass is 388 g/mol. The predicted molar refractivity (Wildman–Crippen MR) is 114 cm³/mol. The summed E-state index contributed by atoms with van der Waals surface area (Å²) in [7, 11) is 0. The molecule has 0 amide bonds. The van der Waals surface area contributed by atoms with Gasteiger partial charge >= 0.3 is 0 Å². The van der Waals surface area contributed by atoms with Crippen molar-refractivity contribution in [1.29, 1.82) is 0 Å². The molecular weight excluding hydrogens is 344 g/mol. The van der Waals surface area contributed by atoms with Crippen molar-refractivity contribution in [2.75, 3.05) is 0 Å². The van der Waals surface area contributed by atoms with Crippen molar-refractivity contribution in [3.05, 3.63) is 0 Å². The Labute approximate surface area is 172 Å². The van der Waals surface area contributed by atoms with Crippen LogP contribution < -0.4 is 0 Å². The van der Waals surface area contributed by atoms with E-state index in [1.807, 2.05) is 0 Å². The zero-order valence-corrected chi connectivity index (χ0v) is 18.5. The van der Waals surface area contributed by atoms with Gasteiger partial charge in [0.2, 0.25) is 0 Å². The molecule has 0 aromatic heterocycles. The van der Waals surface area contributed by atoms with Crippen LogP contribution in [0.5, 0.6) is 0 Å². The van der Waals surface area contributed by atoms with E-state index in [0.717, 1.165) is 61.7 Å². The van der Waals surface area contributed by atoms with Crippen molar-refractivity contribution in [1.82, 2.24) is 0 Å². The Morgan fingerprint density at radius 2 is 1.54 bits per heavy atom. The van der Waals surface area contributed by atoms with Crippen LogP contribution >= 0.6 is 0 Å². The summed E-state index contributed by atoms with van der Waals surface area (Å²) in [5, 5.41) is 20.3. The van der Waals surface area contributed by atoms with Gasteiger partial charge in [0.15, 0.2) is 0 Å². The Hall–Kier alpha value is -0.0800. The van der Waals surface area contributed by atoms with Gasteiger partial charge in [0.1, 0.15) is 0 Å². The van der Waals surface area contributed by atoms with Crippen molar-refractivity contribution >= 4 is 0 Å². The predicted octanol–water partition coefficient (Wildman–Crippen LogP) is 6.09. The summed E-state index contributed by atoms with van der Waals surface area (Å²) in [5.74, 6) is 4.58. The van der Waals surface area contributed by atoms with E-state index in [2.05, 4.69) is 13.8 Å². The first kappa shape index (κ1) is 19.9. The molecule has 0 heterocycles. The minimum absolute atomic E-state index is 0.0203. The van der Waals surface area contributed by atoms with Crippen LogP contribution in [0.1, 0.15) is 110 Å². The number of aliphatic hydroxyl groups excluding tert-OH is 1. The Bertz CT molecular complexity index is 583. The normalized spacial score (nSPS) is 51.9. The number of rotatable bonds is 5. The summed E-state index contributed by atoms with van der Waals surface area (Å²) in [6, 6.07) is 0. The SMILES string of the molecule is CC12CCC(O)CC1CC[C@@H]1C2CC[C@@]2(C)C1CC[C@@H]2CCCCC1(O)CC1. The molecule has 0 spiro atoms. The fourth-order valence-corrected chi connectivity index (χ4v) is 9.06. The summed E-state index contributed by atoms with van der Waals surface area (Å²) in [4.78, 5) is 0. The molecule has 5 unspecified atom stereocenters. The molecule has 0 aromatic carbocycles. The van der Waals surface area contributed by atoms with Crippen molar-refractivity contribution in [2.45, 2.75) is 122 Å². The number of fused-ring (bicyclic) bond motifs is 5. The fraction of sp³-hybridized carbons (Fsp3) is 1.00. The Morgan fingerprint density at radius 3 is 2.32 bits per heavy atom. The molecule has 0 saturated heterocycles. The van der Waals surface area contributed by atoms with Gasteiger partial charge in [-0.1, -0.05) is 26.7 Å². The van der Waals surface area contributed by atoms with Gasteiger partial charge in [-0.15, -0.1) is 0 Å². The van der Waals surface area contributed by atoms with Crippen LogP contribution in [-0.2, 0) is 0 Å². The number of hydrogen-bond acceptors (Lipinski definition) is 2. The van der Waals surface area contributed by atoms with Gasteiger partial charge in [-0.3, -0.25) is 0 Å². The Kier molecular flexibility index (Phi) is 4.95. The third kappa shape index (κ3) is 3.20. The van der Waals surface area contributed by atoms with Gasteiger partial charge < -0.3 is 10.2 Å². The highest BCUT2D eigenvalue weighted by Gasteiger charge is 2.59. The van der Waals surface area contributed by atoms with E-state index in [4.69, 9.17) is 0 Å². The summed E-state index contributed by atoms with van der Waals surface area (Å²) in [5.41, 5.74) is 0.859. The number of unbranched alkanes of at least 4 members (excludes halogenated alkanes) is 1. The second-order valence-corrected chi connectivity index (χ2v) is 12.4. The number of hydrogen-bond donors (Lipinski definition) is 2. The average Bonchev–Trinajstić information content (AvgIpc) is 3.30. The molecule has 0 radical (unpaired) electrons. The molecule has 0 aliphatic heterocycles. The van der Waals surface area contributed by atoms with Crippen molar-refractivity contribution in [3.63, 3.8) is 0 Å². The molecule has 2 N–H and O–H groups in total. The smallest absolute Gasteiger partial charge is 0.0650 e. The maximum Gasteiger partial charge on any atom is 0.0650 e. The van der Waals surface area contributed by atoms with Crippen LogP contribution in [0, 0.1) is 40.4 Å². The molecule has 2 nitrogen and oxygen atoms in total. The first-order valence-corrected chi connectivity index (χ1v) is 12.7. The van der Waals surface area contributed by atoms with Gasteiger partial charge in [0.05, 0.1) is 11.7 Å². The Morgan fingerprint density at radius 1 is 0.786 bits per heavy atom. The van der Waals surface area contributed by atoms with Crippen LogP contribution in [-0.4, -0.2) is 21.9 Å². The molecule has 2 heteroatoms. The van der Waals surface area contributed by atoms with Gasteiger partial charge in [0.25, 0.3) is 0 Å². The van der Waals surface area contributed by atoms with E-state index < -0.39 is 0 Å². The van der Waals surface area contributed by atoms with Crippen molar-refractivity contribution in [2.24, 2.45) is 40.4 Å². The fourth-order valence-electron chi connectivity index (χ4n) is 9.06. The van der Waals surface area contributed by atoms with E-state index in [9.17, 15) is 10.2 Å². The summed E-state index contributed by atoms with van der Waals surface area (Å²) < 4.78 is 0. The van der Waals surface area contributed by atoms with E-state index in [1.165, 1.54) is 64.2 Å². The van der Waals surface area contributed by atoms with Crippen LogP contribution in [0.2, 0.25) is 0 Å². The zero-order chi connectivity index (χ0) is 19.6. The minimum atomic E-state index is -0.248. The average molecular weight is 389 g/mol. The molecule has 5 rings (SSSR count). The second kappa shape index (κ2) is 6.98. The maximum atomic E-state index is 10.2. The van der Waals surface area contributed by atoms with E-state index in [0.29, 0.717) is 10.8 Å². The van der Waals surface area contributed by atoms with Gasteiger partial charge in [-0.2, -0.15) is 0 Å². The van der Waals surface area contributed by atoms with Crippen molar-refractivity contribution < 1.29 is 10.2 Å². The van der Waals surface area contributed by atoms with Gasteiger partial charge in [0, 0.05) is 0 Å². The van der Waals surface area contributed by atoms with Crippen LogP contribution in [0.25, 0.3) is 0 Å². The van der Waals surface area contributed by atoms with Crippen LogP contribution in [0.15, 0.2) is 0 Å². The largest absolute Gasteiger partial charge is 0.393 e. The summed E-state index contributed by atoms with van der Waals surface area (Å²) >= 11 is 0. The molecule has 160 valence electrons. The lowest BCUT2D eigenvalue weighted by Crippen LogP contribution is -2.53. The second-order valence-electron chi connectivity index (χ2n) is 12.4.